The first-order chi connectivity index (χ1) is 19.7. The Morgan fingerprint density at radius 2 is 1.71 bits per heavy atom. The lowest BCUT2D eigenvalue weighted by molar-refractivity contribution is -0.143. The molecule has 0 saturated heterocycles. The number of carbonyl (C=O) groups is 2. The number of aryl methyl sites for hydroxylation is 1. The van der Waals surface area contributed by atoms with Gasteiger partial charge in [0, 0.05) is 24.3 Å². The quantitative estimate of drug-likeness (QED) is 0.157. The summed E-state index contributed by atoms with van der Waals surface area (Å²) in [6.45, 7) is 9.20. The molecule has 0 aliphatic carbocycles. The Labute approximate surface area is 243 Å². The number of hydrogen-bond donors (Lipinski definition) is 4. The van der Waals surface area contributed by atoms with Crippen LogP contribution in [0.5, 0.6) is 17.2 Å². The predicted molar refractivity (Wildman–Crippen MR) is 155 cm³/mol. The molecule has 1 aromatic heterocycles. The van der Waals surface area contributed by atoms with E-state index >= 15 is 0 Å². The van der Waals surface area contributed by atoms with Crippen LogP contribution in [0.15, 0.2) is 42.6 Å². The summed E-state index contributed by atoms with van der Waals surface area (Å²) in [4.78, 5) is 23.8. The molecular formula is C30H38F3N3O6. The molecule has 0 aliphatic heterocycles. The van der Waals surface area contributed by atoms with Crippen molar-refractivity contribution in [2.75, 3.05) is 19.0 Å². The second-order valence-corrected chi connectivity index (χ2v) is 10.0. The first kappa shape index (κ1) is 34.1. The summed E-state index contributed by atoms with van der Waals surface area (Å²) in [5, 5.41) is 23.4. The summed E-state index contributed by atoms with van der Waals surface area (Å²) in [5.41, 5.74) is 1.57. The zero-order chi connectivity index (χ0) is 31.4. The van der Waals surface area contributed by atoms with Crippen LogP contribution in [0.4, 0.5) is 18.9 Å². The molecule has 12 heteroatoms. The lowest BCUT2D eigenvalue weighted by atomic mass is 10.1. The highest BCUT2D eigenvalue weighted by molar-refractivity contribution is 5.99. The smallest absolute Gasteiger partial charge is 0.416 e. The van der Waals surface area contributed by atoms with Crippen molar-refractivity contribution in [3.8, 4) is 17.2 Å². The minimum atomic E-state index is -4.46. The number of methoxy groups -OCH3 is 1. The maximum Gasteiger partial charge on any atom is 0.416 e. The lowest BCUT2D eigenvalue weighted by Crippen LogP contribution is -2.25. The van der Waals surface area contributed by atoms with Crippen LogP contribution in [0.2, 0.25) is 0 Å². The molecule has 0 fully saturated rings. The summed E-state index contributed by atoms with van der Waals surface area (Å²) in [7, 11) is 1.51. The summed E-state index contributed by atoms with van der Waals surface area (Å²) in [6, 6.07) is 9.07. The molecule has 3 rings (SSSR count). The van der Waals surface area contributed by atoms with E-state index in [0.29, 0.717) is 28.4 Å². The first-order valence-electron chi connectivity index (χ1n) is 13.5. The molecule has 0 saturated carbocycles. The third-order valence-corrected chi connectivity index (χ3v) is 6.06. The number of ether oxygens (including phenoxy) is 2. The van der Waals surface area contributed by atoms with Crippen molar-refractivity contribution >= 4 is 28.5 Å². The Balaban J connectivity index is 0.000000675. The highest BCUT2D eigenvalue weighted by atomic mass is 19.4. The monoisotopic (exact) mass is 593 g/mol. The van der Waals surface area contributed by atoms with E-state index in [0.717, 1.165) is 42.8 Å². The molecule has 0 spiro atoms. The van der Waals surface area contributed by atoms with E-state index in [4.69, 9.17) is 19.7 Å². The van der Waals surface area contributed by atoms with Crippen LogP contribution < -0.4 is 20.1 Å². The fourth-order valence-corrected chi connectivity index (χ4v) is 4.00. The van der Waals surface area contributed by atoms with Gasteiger partial charge in [0.2, 0.25) is 0 Å². The SMILES string of the molecule is COc1cc(NC(C)CCCNC(C)C)c2nccc(C)c2c1Oc1cccc(C(F)(F)F)c1.O=C(O)CCC(=O)O. The largest absolute Gasteiger partial charge is 0.493 e. The van der Waals surface area contributed by atoms with Gasteiger partial charge in [-0.1, -0.05) is 19.9 Å². The second kappa shape index (κ2) is 15.8. The molecule has 0 radical (unpaired) electrons. The van der Waals surface area contributed by atoms with E-state index in [1.807, 2.05) is 13.0 Å². The van der Waals surface area contributed by atoms with E-state index in [9.17, 15) is 22.8 Å². The number of anilines is 1. The van der Waals surface area contributed by atoms with Gasteiger partial charge in [-0.3, -0.25) is 14.6 Å². The third kappa shape index (κ3) is 10.7. The van der Waals surface area contributed by atoms with E-state index in [1.54, 1.807) is 12.3 Å². The van der Waals surface area contributed by atoms with E-state index in [-0.39, 0.29) is 24.6 Å². The van der Waals surface area contributed by atoms with Crippen LogP contribution in [-0.4, -0.2) is 52.9 Å². The minimum absolute atomic E-state index is 0.0735. The van der Waals surface area contributed by atoms with Gasteiger partial charge in [0.1, 0.15) is 5.75 Å². The van der Waals surface area contributed by atoms with Crippen molar-refractivity contribution in [1.82, 2.24) is 10.3 Å². The van der Waals surface area contributed by atoms with Crippen LogP contribution in [0, 0.1) is 6.92 Å². The Bertz CT molecular complexity index is 1330. The van der Waals surface area contributed by atoms with Crippen molar-refractivity contribution in [3.05, 3.63) is 53.7 Å². The third-order valence-electron chi connectivity index (χ3n) is 6.06. The number of nitrogens with zero attached hydrogens (tertiary/aromatic N) is 1. The molecule has 1 unspecified atom stereocenters. The number of aromatic nitrogens is 1. The van der Waals surface area contributed by atoms with E-state index in [2.05, 4.69) is 36.4 Å². The molecular weight excluding hydrogens is 555 g/mol. The van der Waals surface area contributed by atoms with Gasteiger partial charge in [-0.15, -0.1) is 0 Å². The molecule has 0 bridgehead atoms. The molecule has 3 aromatic rings. The molecule has 0 aliphatic rings. The number of carboxylic acid groups (broad SMARTS) is 2. The Morgan fingerprint density at radius 3 is 2.29 bits per heavy atom. The van der Waals surface area contributed by atoms with Crippen LogP contribution in [0.1, 0.15) is 57.6 Å². The van der Waals surface area contributed by atoms with Gasteiger partial charge in [0.25, 0.3) is 0 Å². The van der Waals surface area contributed by atoms with Crippen molar-refractivity contribution in [2.45, 2.75) is 71.6 Å². The van der Waals surface area contributed by atoms with E-state index in [1.165, 1.54) is 19.2 Å². The number of hydrogen-bond acceptors (Lipinski definition) is 7. The fourth-order valence-electron chi connectivity index (χ4n) is 4.00. The Kier molecular flexibility index (Phi) is 12.9. The summed E-state index contributed by atoms with van der Waals surface area (Å²) >= 11 is 0. The molecule has 0 amide bonds. The zero-order valence-electron chi connectivity index (χ0n) is 24.3. The predicted octanol–water partition coefficient (Wildman–Crippen LogP) is 6.88. The first-order valence-corrected chi connectivity index (χ1v) is 13.5. The molecule has 230 valence electrons. The minimum Gasteiger partial charge on any atom is -0.493 e. The second-order valence-electron chi connectivity index (χ2n) is 10.0. The highest BCUT2D eigenvalue weighted by Gasteiger charge is 2.31. The van der Waals surface area contributed by atoms with Crippen LogP contribution in [0.3, 0.4) is 0 Å². The van der Waals surface area contributed by atoms with Crippen LogP contribution in [-0.2, 0) is 15.8 Å². The van der Waals surface area contributed by atoms with Gasteiger partial charge >= 0.3 is 18.1 Å². The Hall–Kier alpha value is -4.06. The Morgan fingerprint density at radius 1 is 1.05 bits per heavy atom. The number of nitrogens with one attached hydrogen (secondary N) is 2. The maximum absolute atomic E-state index is 13.2. The van der Waals surface area contributed by atoms with Gasteiger partial charge in [0.05, 0.1) is 42.1 Å². The molecule has 1 heterocycles. The molecule has 4 N–H and O–H groups in total. The van der Waals surface area contributed by atoms with Crippen LogP contribution >= 0.6 is 0 Å². The average Bonchev–Trinajstić information content (AvgIpc) is 2.91. The van der Waals surface area contributed by atoms with E-state index < -0.39 is 23.7 Å². The number of pyridine rings is 1. The number of halogens is 3. The molecule has 42 heavy (non-hydrogen) atoms. The van der Waals surface area contributed by atoms with Gasteiger partial charge in [-0.05, 0) is 63.1 Å². The number of carboxylic acids is 2. The zero-order valence-corrected chi connectivity index (χ0v) is 24.3. The number of benzene rings is 2. The van der Waals surface area contributed by atoms with Crippen molar-refractivity contribution in [3.63, 3.8) is 0 Å². The van der Waals surface area contributed by atoms with Gasteiger partial charge in [-0.2, -0.15) is 13.2 Å². The topological polar surface area (TPSA) is 130 Å². The summed E-state index contributed by atoms with van der Waals surface area (Å²) in [5.74, 6) is -1.33. The van der Waals surface area contributed by atoms with Gasteiger partial charge in [-0.25, -0.2) is 0 Å². The summed E-state index contributed by atoms with van der Waals surface area (Å²) in [6.07, 6.45) is -1.37. The normalized spacial score (nSPS) is 11.9. The highest BCUT2D eigenvalue weighted by Crippen LogP contribution is 2.44. The number of rotatable bonds is 13. The van der Waals surface area contributed by atoms with Crippen molar-refractivity contribution in [1.29, 1.82) is 0 Å². The van der Waals surface area contributed by atoms with Crippen molar-refractivity contribution < 1.29 is 42.4 Å². The van der Waals surface area contributed by atoms with Crippen LogP contribution in [0.25, 0.3) is 10.9 Å². The maximum atomic E-state index is 13.2. The lowest BCUT2D eigenvalue weighted by Gasteiger charge is -2.21. The van der Waals surface area contributed by atoms with Crippen molar-refractivity contribution in [2.24, 2.45) is 0 Å². The molecule has 1 atom stereocenters. The number of aliphatic carboxylic acids is 2. The fraction of sp³-hybridized carbons (Fsp3) is 0.433. The number of alkyl halides is 3. The molecule has 9 nitrogen and oxygen atoms in total. The summed E-state index contributed by atoms with van der Waals surface area (Å²) < 4.78 is 51.2. The molecule has 2 aromatic carbocycles. The van der Waals surface area contributed by atoms with Gasteiger partial charge in [0.15, 0.2) is 11.5 Å². The average molecular weight is 594 g/mol. The van der Waals surface area contributed by atoms with Gasteiger partial charge < -0.3 is 30.3 Å². The standard InChI is InChI=1S/C26H32F3N3O2.C4H6O4/c1-16(2)30-12-7-8-18(4)32-21-15-22(33-5)25(23-17(3)11-13-31-24(21)23)34-20-10-6-9-19(14-20)26(27,28)29;5-3(6)1-2-4(7)8/h6,9-11,13-16,18,30,32H,7-8,12H2,1-5H3;1-2H2,(H,5,6)(H,7,8). The number of fused-ring (bicyclic) bond motifs is 1.